The molecular weight excluding hydrogens is 383 g/mol. The summed E-state index contributed by atoms with van der Waals surface area (Å²) >= 11 is 0. The number of hydrogen-bond acceptors (Lipinski definition) is 1. The monoisotopic (exact) mass is 438 g/mol. The van der Waals surface area contributed by atoms with Crippen LogP contribution in [0.1, 0.15) is 161 Å². The minimum Gasteiger partial charge on any atom is -0.323 e. The maximum atomic E-state index is 13.5. The first-order valence-corrected chi connectivity index (χ1v) is 16.4. The van der Waals surface area contributed by atoms with Gasteiger partial charge in [0.2, 0.25) is 0 Å². The third-order valence-corrected chi connectivity index (χ3v) is 12.8. The van der Waals surface area contributed by atoms with E-state index >= 15 is 0 Å². The summed E-state index contributed by atoms with van der Waals surface area (Å²) in [6, 6.07) is 0. The van der Waals surface area contributed by atoms with Gasteiger partial charge in [-0.1, -0.05) is 129 Å². The standard InChI is InChI=1S/C28H55OP/c1-2-3-4-5-6-7-8-9-10-11-12-13-14-15-16-17-18-21-26-30(29)27-22-19-20-23-28(30)25-24-27/h27-28H,2-26H2,1H3. The average molecular weight is 439 g/mol. The quantitative estimate of drug-likeness (QED) is 0.145. The van der Waals surface area contributed by atoms with Crippen molar-refractivity contribution in [1.29, 1.82) is 0 Å². The minimum absolute atomic E-state index is 0.635. The second-order valence-electron chi connectivity index (χ2n) is 10.8. The molecule has 2 heteroatoms. The van der Waals surface area contributed by atoms with Gasteiger partial charge < -0.3 is 4.57 Å². The van der Waals surface area contributed by atoms with E-state index in [2.05, 4.69) is 6.92 Å². The molecule has 0 spiro atoms. The van der Waals surface area contributed by atoms with Crippen LogP contribution in [0.15, 0.2) is 0 Å². The van der Waals surface area contributed by atoms with Crippen LogP contribution in [0.2, 0.25) is 0 Å². The number of fused-ring (bicyclic) bond motifs is 2. The predicted molar refractivity (Wildman–Crippen MR) is 137 cm³/mol. The molecule has 0 amide bonds. The summed E-state index contributed by atoms with van der Waals surface area (Å²) in [4.78, 5) is 0. The minimum atomic E-state index is -1.82. The Morgan fingerprint density at radius 2 is 0.833 bits per heavy atom. The van der Waals surface area contributed by atoms with Crippen LogP contribution in [0, 0.1) is 0 Å². The Morgan fingerprint density at radius 3 is 1.20 bits per heavy atom. The largest absolute Gasteiger partial charge is 0.323 e. The van der Waals surface area contributed by atoms with Crippen LogP contribution in [0.3, 0.4) is 0 Å². The molecule has 178 valence electrons. The van der Waals surface area contributed by atoms with Gasteiger partial charge in [0.15, 0.2) is 0 Å². The molecule has 2 unspecified atom stereocenters. The van der Waals surface area contributed by atoms with E-state index in [1.165, 1.54) is 154 Å². The van der Waals surface area contributed by atoms with Gasteiger partial charge in [0.1, 0.15) is 0 Å². The Balaban J connectivity index is 1.31. The maximum Gasteiger partial charge on any atom is 0.0935 e. The highest BCUT2D eigenvalue weighted by Gasteiger charge is 2.45. The van der Waals surface area contributed by atoms with Crippen molar-refractivity contribution in [3.63, 3.8) is 0 Å². The van der Waals surface area contributed by atoms with Gasteiger partial charge in [0.25, 0.3) is 0 Å². The lowest BCUT2D eigenvalue weighted by molar-refractivity contribution is 0.525. The van der Waals surface area contributed by atoms with Gasteiger partial charge in [-0.2, -0.15) is 0 Å². The van der Waals surface area contributed by atoms with Gasteiger partial charge in [-0.25, -0.2) is 0 Å². The van der Waals surface area contributed by atoms with Crippen LogP contribution in [-0.2, 0) is 4.57 Å². The smallest absolute Gasteiger partial charge is 0.0935 e. The van der Waals surface area contributed by atoms with Crippen molar-refractivity contribution in [3.05, 3.63) is 0 Å². The molecule has 2 fully saturated rings. The molecule has 0 aromatic carbocycles. The third-order valence-electron chi connectivity index (χ3n) is 8.26. The first-order valence-electron chi connectivity index (χ1n) is 14.4. The molecule has 2 bridgehead atoms. The van der Waals surface area contributed by atoms with Crippen LogP contribution in [0.25, 0.3) is 0 Å². The van der Waals surface area contributed by atoms with Crippen molar-refractivity contribution in [3.8, 4) is 0 Å². The Kier molecular flexibility index (Phi) is 14.8. The fourth-order valence-electron chi connectivity index (χ4n) is 6.23. The van der Waals surface area contributed by atoms with Gasteiger partial charge in [-0.15, -0.1) is 0 Å². The molecule has 0 saturated carbocycles. The second-order valence-corrected chi connectivity index (χ2v) is 14.4. The van der Waals surface area contributed by atoms with E-state index in [1.54, 1.807) is 0 Å². The Hall–Kier alpha value is 0.230. The van der Waals surface area contributed by atoms with Crippen LogP contribution in [0.4, 0.5) is 0 Å². The molecule has 2 saturated heterocycles. The van der Waals surface area contributed by atoms with Gasteiger partial charge in [0.05, 0.1) is 7.14 Å². The van der Waals surface area contributed by atoms with Crippen LogP contribution >= 0.6 is 7.14 Å². The van der Waals surface area contributed by atoms with E-state index < -0.39 is 7.14 Å². The van der Waals surface area contributed by atoms with Crippen LogP contribution in [0.5, 0.6) is 0 Å². The van der Waals surface area contributed by atoms with Gasteiger partial charge >= 0.3 is 0 Å². The molecule has 30 heavy (non-hydrogen) atoms. The normalized spacial score (nSPS) is 26.2. The molecule has 2 heterocycles. The highest BCUT2D eigenvalue weighted by atomic mass is 31.2. The summed E-state index contributed by atoms with van der Waals surface area (Å²) in [5.74, 6) is 0. The molecule has 2 aliphatic rings. The van der Waals surface area contributed by atoms with Crippen LogP contribution in [-0.4, -0.2) is 17.5 Å². The van der Waals surface area contributed by atoms with E-state index in [1.807, 2.05) is 0 Å². The fraction of sp³-hybridized carbons (Fsp3) is 1.00. The summed E-state index contributed by atoms with van der Waals surface area (Å²) in [6.07, 6.45) is 34.7. The van der Waals surface area contributed by atoms with Crippen molar-refractivity contribution in [1.82, 2.24) is 0 Å². The summed E-state index contributed by atoms with van der Waals surface area (Å²) < 4.78 is 13.5. The molecule has 2 aliphatic heterocycles. The predicted octanol–water partition coefficient (Wildman–Crippen LogP) is 10.5. The Morgan fingerprint density at radius 1 is 0.500 bits per heavy atom. The molecule has 0 N–H and O–H groups in total. The summed E-state index contributed by atoms with van der Waals surface area (Å²) in [7, 11) is -1.82. The lowest BCUT2D eigenvalue weighted by Gasteiger charge is -2.23. The Bertz CT molecular complexity index is 428. The molecule has 1 nitrogen and oxygen atoms in total. The first-order chi connectivity index (χ1) is 14.8. The lowest BCUT2D eigenvalue weighted by Crippen LogP contribution is -2.09. The fourth-order valence-corrected chi connectivity index (χ4v) is 10.7. The summed E-state index contributed by atoms with van der Waals surface area (Å²) in [5.41, 5.74) is 1.27. The molecule has 0 aromatic rings. The molecule has 2 rings (SSSR count). The molecule has 2 atom stereocenters. The summed E-state index contributed by atoms with van der Waals surface area (Å²) in [5, 5.41) is 0. The van der Waals surface area contributed by atoms with Crippen molar-refractivity contribution in [2.24, 2.45) is 0 Å². The van der Waals surface area contributed by atoms with E-state index in [0.717, 1.165) is 6.16 Å². The van der Waals surface area contributed by atoms with Gasteiger partial charge in [-0.05, 0) is 32.1 Å². The first kappa shape index (κ1) is 26.5. The van der Waals surface area contributed by atoms with Crippen LogP contribution < -0.4 is 0 Å². The zero-order valence-corrected chi connectivity index (χ0v) is 21.6. The average Bonchev–Trinajstić information content (AvgIpc) is 2.94. The lowest BCUT2D eigenvalue weighted by atomic mass is 10.0. The van der Waals surface area contributed by atoms with E-state index in [9.17, 15) is 4.57 Å². The zero-order valence-electron chi connectivity index (χ0n) is 20.7. The van der Waals surface area contributed by atoms with E-state index in [-0.39, 0.29) is 0 Å². The van der Waals surface area contributed by atoms with Gasteiger partial charge in [0, 0.05) is 17.5 Å². The van der Waals surface area contributed by atoms with Crippen molar-refractivity contribution in [2.45, 2.75) is 172 Å². The zero-order chi connectivity index (χ0) is 21.3. The molecular formula is C28H55OP. The van der Waals surface area contributed by atoms with Crippen molar-refractivity contribution < 1.29 is 4.57 Å². The van der Waals surface area contributed by atoms with Gasteiger partial charge in [-0.3, -0.25) is 0 Å². The third kappa shape index (κ3) is 10.2. The molecule has 0 aliphatic carbocycles. The number of hydrogen-bond donors (Lipinski definition) is 0. The molecule has 0 radical (unpaired) electrons. The van der Waals surface area contributed by atoms with Crippen molar-refractivity contribution in [2.75, 3.05) is 6.16 Å². The number of rotatable bonds is 19. The van der Waals surface area contributed by atoms with Crippen molar-refractivity contribution >= 4 is 7.14 Å². The van der Waals surface area contributed by atoms with E-state index in [4.69, 9.17) is 0 Å². The number of unbranched alkanes of at least 4 members (excludes halogenated alkanes) is 17. The second kappa shape index (κ2) is 16.8. The Labute approximate surface area is 190 Å². The maximum absolute atomic E-state index is 13.5. The highest BCUT2D eigenvalue weighted by Crippen LogP contribution is 2.67. The summed E-state index contributed by atoms with van der Waals surface area (Å²) in [6.45, 7) is 2.30. The van der Waals surface area contributed by atoms with E-state index in [0.29, 0.717) is 11.3 Å². The SMILES string of the molecule is CCCCCCCCCCCCCCCCCCCCP1(=O)C2CCCCC1CC2. The highest BCUT2D eigenvalue weighted by molar-refractivity contribution is 7.65. The topological polar surface area (TPSA) is 17.1 Å². The molecule has 0 aromatic heterocycles.